The zero-order chi connectivity index (χ0) is 10.6. The molecule has 0 radical (unpaired) electrons. The van der Waals surface area contributed by atoms with Gasteiger partial charge in [-0.3, -0.25) is 0 Å². The summed E-state index contributed by atoms with van der Waals surface area (Å²) in [5.41, 5.74) is 5.92. The molecule has 1 unspecified atom stereocenters. The van der Waals surface area contributed by atoms with Gasteiger partial charge in [0.15, 0.2) is 0 Å². The molecule has 0 heterocycles. The lowest BCUT2D eigenvalue weighted by Gasteiger charge is -2.20. The van der Waals surface area contributed by atoms with E-state index in [-0.39, 0.29) is 0 Å². The Morgan fingerprint density at radius 2 is 1.93 bits per heavy atom. The summed E-state index contributed by atoms with van der Waals surface area (Å²) in [6.45, 7) is 2.08. The molecule has 1 aromatic carbocycles. The average molecular weight is 258 g/mol. The molecular weight excluding hydrogens is 242 g/mol. The second-order valence-corrected chi connectivity index (χ2v) is 4.74. The van der Waals surface area contributed by atoms with Crippen LogP contribution in [0.25, 0.3) is 0 Å². The van der Waals surface area contributed by atoms with Crippen LogP contribution < -0.4 is 5.73 Å². The Bertz CT molecular complexity index is 282. The number of halogens is 1. The molecule has 3 N–H and O–H groups in total. The average Bonchev–Trinajstić information content (AvgIpc) is 2.17. The Morgan fingerprint density at radius 1 is 1.36 bits per heavy atom. The van der Waals surface area contributed by atoms with Gasteiger partial charge in [0.2, 0.25) is 0 Å². The van der Waals surface area contributed by atoms with Crippen molar-refractivity contribution in [1.29, 1.82) is 0 Å². The summed E-state index contributed by atoms with van der Waals surface area (Å²) in [6.07, 6.45) is 1.56. The van der Waals surface area contributed by atoms with Gasteiger partial charge in [0, 0.05) is 11.0 Å². The van der Waals surface area contributed by atoms with Crippen molar-refractivity contribution in [1.82, 2.24) is 0 Å². The van der Waals surface area contributed by atoms with Gasteiger partial charge in [-0.15, -0.1) is 0 Å². The second-order valence-electron chi connectivity index (χ2n) is 3.83. The van der Waals surface area contributed by atoms with Crippen LogP contribution in [0.1, 0.15) is 18.9 Å². The summed E-state index contributed by atoms with van der Waals surface area (Å²) in [7, 11) is 0. The minimum Gasteiger partial charge on any atom is -0.389 e. The van der Waals surface area contributed by atoms with Crippen molar-refractivity contribution in [2.75, 3.05) is 6.54 Å². The van der Waals surface area contributed by atoms with Gasteiger partial charge < -0.3 is 10.8 Å². The van der Waals surface area contributed by atoms with E-state index >= 15 is 0 Å². The minimum atomic E-state index is -0.743. The van der Waals surface area contributed by atoms with Crippen LogP contribution in [0.4, 0.5) is 0 Å². The maximum absolute atomic E-state index is 9.70. The molecular formula is C11H16BrNO. The first-order valence-corrected chi connectivity index (χ1v) is 5.50. The van der Waals surface area contributed by atoms with Gasteiger partial charge in [-0.05, 0) is 37.5 Å². The molecule has 14 heavy (non-hydrogen) atoms. The van der Waals surface area contributed by atoms with Crippen molar-refractivity contribution in [3.8, 4) is 0 Å². The molecule has 0 aromatic heterocycles. The molecule has 0 aliphatic heterocycles. The number of rotatable bonds is 4. The maximum Gasteiger partial charge on any atom is 0.0744 e. The molecule has 1 atom stereocenters. The van der Waals surface area contributed by atoms with Gasteiger partial charge in [0.1, 0.15) is 0 Å². The summed E-state index contributed by atoms with van der Waals surface area (Å²) in [4.78, 5) is 0. The van der Waals surface area contributed by atoms with Crippen LogP contribution in [0, 0.1) is 0 Å². The first-order valence-electron chi connectivity index (χ1n) is 4.70. The molecule has 0 spiro atoms. The fourth-order valence-corrected chi connectivity index (χ4v) is 1.43. The van der Waals surface area contributed by atoms with Crippen molar-refractivity contribution in [2.24, 2.45) is 5.73 Å². The highest BCUT2D eigenvalue weighted by molar-refractivity contribution is 9.10. The predicted octanol–water partition coefficient (Wildman–Crippen LogP) is 2.09. The van der Waals surface area contributed by atoms with E-state index in [9.17, 15) is 5.11 Å². The number of hydrogen-bond donors (Lipinski definition) is 2. The largest absolute Gasteiger partial charge is 0.389 e. The summed E-state index contributed by atoms with van der Waals surface area (Å²) >= 11 is 3.38. The third kappa shape index (κ3) is 3.78. The predicted molar refractivity (Wildman–Crippen MR) is 62.1 cm³/mol. The topological polar surface area (TPSA) is 46.2 Å². The van der Waals surface area contributed by atoms with Crippen molar-refractivity contribution in [3.05, 3.63) is 34.3 Å². The minimum absolute atomic E-state index is 0.309. The highest BCUT2D eigenvalue weighted by Crippen LogP contribution is 2.15. The van der Waals surface area contributed by atoms with Crippen molar-refractivity contribution in [3.63, 3.8) is 0 Å². The Kier molecular flexibility index (Phi) is 4.11. The standard InChI is InChI=1S/C11H16BrNO/c1-11(14,8-13)7-6-9-2-4-10(12)5-3-9/h2-5,14H,6-8,13H2,1H3. The zero-order valence-corrected chi connectivity index (χ0v) is 9.92. The van der Waals surface area contributed by atoms with E-state index in [4.69, 9.17) is 5.73 Å². The number of nitrogens with two attached hydrogens (primary N) is 1. The van der Waals surface area contributed by atoms with Crippen LogP contribution in [0.15, 0.2) is 28.7 Å². The quantitative estimate of drug-likeness (QED) is 0.868. The fraction of sp³-hybridized carbons (Fsp3) is 0.455. The monoisotopic (exact) mass is 257 g/mol. The molecule has 0 amide bonds. The smallest absolute Gasteiger partial charge is 0.0744 e. The van der Waals surface area contributed by atoms with Crippen LogP contribution >= 0.6 is 15.9 Å². The first kappa shape index (κ1) is 11.7. The third-order valence-electron chi connectivity index (χ3n) is 2.31. The van der Waals surface area contributed by atoms with Crippen molar-refractivity contribution < 1.29 is 5.11 Å². The Morgan fingerprint density at radius 3 is 2.43 bits per heavy atom. The van der Waals surface area contributed by atoms with E-state index in [1.807, 2.05) is 12.1 Å². The van der Waals surface area contributed by atoms with E-state index in [0.717, 1.165) is 10.9 Å². The van der Waals surface area contributed by atoms with Gasteiger partial charge in [-0.1, -0.05) is 28.1 Å². The molecule has 1 rings (SSSR count). The van der Waals surface area contributed by atoms with Crippen LogP contribution in [0.2, 0.25) is 0 Å². The van der Waals surface area contributed by atoms with Gasteiger partial charge in [-0.25, -0.2) is 0 Å². The summed E-state index contributed by atoms with van der Waals surface area (Å²) in [5.74, 6) is 0. The molecule has 2 nitrogen and oxygen atoms in total. The number of hydrogen-bond acceptors (Lipinski definition) is 2. The molecule has 0 saturated heterocycles. The number of aliphatic hydroxyl groups is 1. The second kappa shape index (κ2) is 4.91. The molecule has 1 aromatic rings. The van der Waals surface area contributed by atoms with E-state index in [1.165, 1.54) is 5.56 Å². The third-order valence-corrected chi connectivity index (χ3v) is 2.83. The zero-order valence-electron chi connectivity index (χ0n) is 8.33. The van der Waals surface area contributed by atoms with E-state index in [0.29, 0.717) is 13.0 Å². The number of benzene rings is 1. The molecule has 78 valence electrons. The highest BCUT2D eigenvalue weighted by Gasteiger charge is 2.17. The lowest BCUT2D eigenvalue weighted by atomic mass is 9.97. The summed E-state index contributed by atoms with van der Waals surface area (Å²) in [5, 5.41) is 9.70. The van der Waals surface area contributed by atoms with Gasteiger partial charge in [0.25, 0.3) is 0 Å². The lowest BCUT2D eigenvalue weighted by molar-refractivity contribution is 0.0603. The van der Waals surface area contributed by atoms with Crippen molar-refractivity contribution >= 4 is 15.9 Å². The van der Waals surface area contributed by atoms with Crippen molar-refractivity contribution in [2.45, 2.75) is 25.4 Å². The van der Waals surface area contributed by atoms with Gasteiger partial charge in [-0.2, -0.15) is 0 Å². The molecule has 0 aliphatic carbocycles. The SMILES string of the molecule is CC(O)(CN)CCc1ccc(Br)cc1. The first-order chi connectivity index (χ1) is 6.53. The van der Waals surface area contributed by atoms with E-state index < -0.39 is 5.60 Å². The van der Waals surface area contributed by atoms with Crippen LogP contribution in [-0.2, 0) is 6.42 Å². The summed E-state index contributed by atoms with van der Waals surface area (Å²) in [6, 6.07) is 8.12. The molecule has 0 saturated carbocycles. The Labute approximate surface area is 93.3 Å². The Hall–Kier alpha value is -0.380. The van der Waals surface area contributed by atoms with Crippen LogP contribution in [0.3, 0.4) is 0 Å². The normalized spacial score (nSPS) is 15.1. The maximum atomic E-state index is 9.70. The number of aryl methyl sites for hydroxylation is 1. The fourth-order valence-electron chi connectivity index (χ4n) is 1.17. The van der Waals surface area contributed by atoms with E-state index in [2.05, 4.69) is 28.1 Å². The Balaban J connectivity index is 2.50. The van der Waals surface area contributed by atoms with Crippen LogP contribution in [0.5, 0.6) is 0 Å². The molecule has 0 fully saturated rings. The molecule has 0 aliphatic rings. The van der Waals surface area contributed by atoms with Gasteiger partial charge >= 0.3 is 0 Å². The molecule has 0 bridgehead atoms. The highest BCUT2D eigenvalue weighted by atomic mass is 79.9. The summed E-state index contributed by atoms with van der Waals surface area (Å²) < 4.78 is 1.08. The molecule has 3 heteroatoms. The van der Waals surface area contributed by atoms with Crippen LogP contribution in [-0.4, -0.2) is 17.3 Å². The van der Waals surface area contributed by atoms with E-state index in [1.54, 1.807) is 6.92 Å². The lowest BCUT2D eigenvalue weighted by Crippen LogP contribution is -2.34. The van der Waals surface area contributed by atoms with Gasteiger partial charge in [0.05, 0.1) is 5.60 Å².